The summed E-state index contributed by atoms with van der Waals surface area (Å²) in [6, 6.07) is 6.34. The number of nitrogens with one attached hydrogen (secondary N) is 3. The zero-order valence-corrected chi connectivity index (χ0v) is 11.9. The van der Waals surface area contributed by atoms with Gasteiger partial charge in [0.05, 0.1) is 0 Å². The van der Waals surface area contributed by atoms with Crippen molar-refractivity contribution in [3.05, 3.63) is 41.9 Å². The third kappa shape index (κ3) is 3.08. The lowest BCUT2D eigenvalue weighted by atomic mass is 10.0. The van der Waals surface area contributed by atoms with E-state index < -0.39 is 0 Å². The minimum absolute atomic E-state index is 0.196. The zero-order chi connectivity index (χ0) is 14.7. The Morgan fingerprint density at radius 2 is 2.10 bits per heavy atom. The minimum Gasteiger partial charge on any atom is -0.354 e. The van der Waals surface area contributed by atoms with Crippen molar-refractivity contribution in [1.82, 2.24) is 4.98 Å². The van der Waals surface area contributed by atoms with Crippen LogP contribution >= 0.6 is 23.2 Å². The Labute approximate surface area is 125 Å². The first-order chi connectivity index (χ1) is 9.52. The highest BCUT2D eigenvalue weighted by Gasteiger charge is 2.13. The van der Waals surface area contributed by atoms with Crippen LogP contribution in [-0.4, -0.2) is 21.7 Å². The molecule has 1 heterocycles. The molecule has 3 nitrogen and oxygen atoms in total. The van der Waals surface area contributed by atoms with Crippen LogP contribution in [0, 0.1) is 16.6 Å². The van der Waals surface area contributed by atoms with Gasteiger partial charge in [-0.05, 0) is 24.3 Å². The fourth-order valence-electron chi connectivity index (χ4n) is 1.95. The molecule has 0 saturated heterocycles. The summed E-state index contributed by atoms with van der Waals surface area (Å²) in [5, 5.41) is 15.6. The summed E-state index contributed by atoms with van der Waals surface area (Å²) in [4.78, 5) is 3.03. The summed E-state index contributed by atoms with van der Waals surface area (Å²) in [6.45, 7) is 0. The van der Waals surface area contributed by atoms with Gasteiger partial charge in [-0.3, -0.25) is 5.41 Å². The minimum atomic E-state index is -0.339. The highest BCUT2D eigenvalue weighted by molar-refractivity contribution is 6.68. The van der Waals surface area contributed by atoms with Crippen molar-refractivity contribution in [2.24, 2.45) is 0 Å². The molecule has 1 aromatic carbocycles. The summed E-state index contributed by atoms with van der Waals surface area (Å²) >= 11 is 11.2. The molecule has 2 aromatic rings. The first-order valence-electron chi connectivity index (χ1n) is 5.90. The van der Waals surface area contributed by atoms with Crippen LogP contribution in [0.4, 0.5) is 4.39 Å². The number of H-pyrrole nitrogens is 1. The first-order valence-corrected chi connectivity index (χ1v) is 6.81. The van der Waals surface area contributed by atoms with Gasteiger partial charge in [-0.1, -0.05) is 17.7 Å². The third-order valence-corrected chi connectivity index (χ3v) is 3.14. The fraction of sp³-hybridized carbons (Fsp3) is 0.143. The molecule has 0 saturated carbocycles. The molecule has 0 bridgehead atoms. The maximum Gasteiger partial charge on any atom is 0.132 e. The molecule has 1 aromatic heterocycles. The Kier molecular flexibility index (Phi) is 4.57. The lowest BCUT2D eigenvalue weighted by Crippen LogP contribution is -2.03. The maximum absolute atomic E-state index is 13.7. The van der Waals surface area contributed by atoms with Gasteiger partial charge in [0.25, 0.3) is 0 Å². The Balaban J connectivity index is 2.54. The molecule has 0 radical (unpaired) electrons. The van der Waals surface area contributed by atoms with Crippen molar-refractivity contribution in [1.29, 1.82) is 10.8 Å². The Bertz CT molecular complexity index is 704. The highest BCUT2D eigenvalue weighted by atomic mass is 35.5. The van der Waals surface area contributed by atoms with Gasteiger partial charge >= 0.3 is 0 Å². The number of allylic oxidation sites excluding steroid dienone is 2. The number of halogens is 3. The first kappa shape index (κ1) is 14.8. The normalized spacial score (nSPS) is 11.8. The quantitative estimate of drug-likeness (QED) is 0.535. The summed E-state index contributed by atoms with van der Waals surface area (Å²) in [5.74, 6) is -0.0467. The molecule has 2 rings (SSSR count). The van der Waals surface area contributed by atoms with E-state index in [1.165, 1.54) is 12.1 Å². The average molecular weight is 312 g/mol. The van der Waals surface area contributed by atoms with Gasteiger partial charge in [0.2, 0.25) is 0 Å². The van der Waals surface area contributed by atoms with E-state index in [2.05, 4.69) is 4.98 Å². The van der Waals surface area contributed by atoms with Crippen LogP contribution in [-0.2, 0) is 0 Å². The number of aromatic nitrogens is 1. The van der Waals surface area contributed by atoms with Crippen LogP contribution in [0.5, 0.6) is 0 Å². The molecule has 0 fully saturated rings. The molecule has 0 aliphatic carbocycles. The topological polar surface area (TPSA) is 63.5 Å². The summed E-state index contributed by atoms with van der Waals surface area (Å²) in [7, 11) is 0. The van der Waals surface area contributed by atoms with Crippen molar-refractivity contribution >= 4 is 50.6 Å². The van der Waals surface area contributed by atoms with Crippen LogP contribution in [0.1, 0.15) is 12.1 Å². The van der Waals surface area contributed by atoms with Gasteiger partial charge in [0.15, 0.2) is 0 Å². The number of hydrogen-bond acceptors (Lipinski definition) is 2. The Morgan fingerprint density at radius 1 is 1.35 bits per heavy atom. The highest BCUT2D eigenvalue weighted by Crippen LogP contribution is 2.25. The lowest BCUT2D eigenvalue weighted by Gasteiger charge is -2.05. The monoisotopic (exact) mass is 311 g/mol. The van der Waals surface area contributed by atoms with Gasteiger partial charge in [0, 0.05) is 40.2 Å². The molecule has 0 spiro atoms. The van der Waals surface area contributed by atoms with Crippen LogP contribution in [0.25, 0.3) is 16.5 Å². The van der Waals surface area contributed by atoms with Crippen molar-refractivity contribution in [2.45, 2.75) is 6.42 Å². The van der Waals surface area contributed by atoms with E-state index in [4.69, 9.17) is 34.0 Å². The van der Waals surface area contributed by atoms with Gasteiger partial charge in [-0.25, -0.2) is 4.39 Å². The molecule has 20 heavy (non-hydrogen) atoms. The molecule has 0 unspecified atom stereocenters. The zero-order valence-electron chi connectivity index (χ0n) is 10.4. The van der Waals surface area contributed by atoms with Crippen molar-refractivity contribution in [3.63, 3.8) is 0 Å². The van der Waals surface area contributed by atoms with Gasteiger partial charge in [-0.15, -0.1) is 11.6 Å². The molecule has 6 heteroatoms. The Morgan fingerprint density at radius 3 is 2.70 bits per heavy atom. The number of benzene rings is 1. The molecular weight excluding hydrogens is 300 g/mol. The van der Waals surface area contributed by atoms with E-state index in [9.17, 15) is 4.39 Å². The van der Waals surface area contributed by atoms with E-state index in [1.54, 1.807) is 18.2 Å². The predicted octanol–water partition coefficient (Wildman–Crippen LogP) is 4.56. The number of hydrogen-bond donors (Lipinski definition) is 3. The van der Waals surface area contributed by atoms with Crippen molar-refractivity contribution < 1.29 is 4.39 Å². The summed E-state index contributed by atoms with van der Waals surface area (Å²) in [6.07, 6.45) is 1.70. The second kappa shape index (κ2) is 6.20. The van der Waals surface area contributed by atoms with Crippen LogP contribution in [0.3, 0.4) is 0 Å². The van der Waals surface area contributed by atoms with Crippen LogP contribution in [0.2, 0.25) is 0 Å². The molecule has 3 N–H and O–H groups in total. The number of aromatic amines is 1. The smallest absolute Gasteiger partial charge is 0.132 e. The summed E-state index contributed by atoms with van der Waals surface area (Å²) < 4.78 is 13.7. The Hall–Kier alpha value is -1.65. The molecule has 0 atom stereocenters. The standard InChI is InChI=1S/C14H12Cl2FN3/c15-5-4-11(18)9(7-14(16)19)13-6-8-10(17)2-1-3-12(8)20-13/h1-3,6-7,18-20H,4-5H2/b9-7+,18-11?,19-14?. The second-order valence-electron chi connectivity index (χ2n) is 4.21. The number of fused-ring (bicyclic) bond motifs is 1. The third-order valence-electron chi connectivity index (χ3n) is 2.84. The van der Waals surface area contributed by atoms with E-state index in [0.717, 1.165) is 0 Å². The van der Waals surface area contributed by atoms with E-state index >= 15 is 0 Å². The van der Waals surface area contributed by atoms with Crippen molar-refractivity contribution in [2.75, 3.05) is 5.88 Å². The lowest BCUT2D eigenvalue weighted by molar-refractivity contribution is 0.640. The molecule has 0 amide bonds. The summed E-state index contributed by atoms with van der Waals surface area (Å²) in [5.41, 5.74) is 1.87. The largest absolute Gasteiger partial charge is 0.354 e. The number of rotatable bonds is 5. The SMILES string of the molecule is N=C(Cl)/C=C(\C(=N)CCCl)c1cc2c(F)cccc2[nH]1. The number of alkyl halides is 1. The molecule has 0 aliphatic rings. The van der Waals surface area contributed by atoms with Crippen LogP contribution < -0.4 is 0 Å². The molecular formula is C14H12Cl2FN3. The molecule has 0 aliphatic heterocycles. The second-order valence-corrected chi connectivity index (χ2v) is 4.99. The van der Waals surface area contributed by atoms with E-state index in [1.807, 2.05) is 0 Å². The van der Waals surface area contributed by atoms with Gasteiger partial charge < -0.3 is 10.4 Å². The fourth-order valence-corrected chi connectivity index (χ4v) is 2.24. The van der Waals surface area contributed by atoms with Crippen LogP contribution in [0.15, 0.2) is 30.3 Å². The van der Waals surface area contributed by atoms with Gasteiger partial charge in [0.1, 0.15) is 11.0 Å². The average Bonchev–Trinajstić information content (AvgIpc) is 2.81. The van der Waals surface area contributed by atoms with Crippen molar-refractivity contribution in [3.8, 4) is 0 Å². The van der Waals surface area contributed by atoms with E-state index in [0.29, 0.717) is 34.5 Å². The predicted molar refractivity (Wildman–Crippen MR) is 82.9 cm³/mol. The maximum atomic E-state index is 13.7. The van der Waals surface area contributed by atoms with E-state index in [-0.39, 0.29) is 16.7 Å². The van der Waals surface area contributed by atoms with Gasteiger partial charge in [-0.2, -0.15) is 0 Å². The molecule has 104 valence electrons.